The van der Waals surface area contributed by atoms with Gasteiger partial charge in [0, 0.05) is 0 Å². The predicted octanol–water partition coefficient (Wildman–Crippen LogP) is 1.29. The van der Waals surface area contributed by atoms with E-state index in [2.05, 4.69) is 4.98 Å². The van der Waals surface area contributed by atoms with Gasteiger partial charge >= 0.3 is 5.69 Å². The number of alkyl halides is 2. The molecule has 0 atom stereocenters. The van der Waals surface area contributed by atoms with Crippen molar-refractivity contribution in [1.29, 1.82) is 5.26 Å². The van der Waals surface area contributed by atoms with Gasteiger partial charge in [-0.1, -0.05) is 0 Å². The summed E-state index contributed by atoms with van der Waals surface area (Å²) in [5, 5.41) is 27.8. The zero-order valence-electron chi connectivity index (χ0n) is 7.72. The maximum Gasteiger partial charge on any atom is 0.305 e. The van der Waals surface area contributed by atoms with Crippen LogP contribution in [0.4, 0.5) is 14.5 Å². The number of rotatable bonds is 3. The highest BCUT2D eigenvalue weighted by Gasteiger charge is 2.27. The molecular weight excluding hydrogens is 224 g/mol. The molecule has 0 aromatic carbocycles. The Morgan fingerprint density at radius 2 is 2.31 bits per heavy atom. The van der Waals surface area contributed by atoms with Crippen molar-refractivity contribution in [1.82, 2.24) is 4.98 Å². The van der Waals surface area contributed by atoms with Crippen LogP contribution in [0.15, 0.2) is 6.20 Å². The van der Waals surface area contributed by atoms with Gasteiger partial charge in [-0.25, -0.2) is 8.78 Å². The van der Waals surface area contributed by atoms with Gasteiger partial charge < -0.3 is 5.11 Å². The SMILES string of the molecule is N#Cc1c([N+](=O)[O-])cnc(CO)c1C(F)F. The summed E-state index contributed by atoms with van der Waals surface area (Å²) in [6.45, 7) is -0.813. The minimum Gasteiger partial charge on any atom is -0.390 e. The monoisotopic (exact) mass is 229 g/mol. The molecule has 1 heterocycles. The lowest BCUT2D eigenvalue weighted by atomic mass is 10.1. The Kier molecular flexibility index (Phi) is 3.42. The second kappa shape index (κ2) is 4.59. The van der Waals surface area contributed by atoms with Gasteiger partial charge in [0.15, 0.2) is 0 Å². The molecule has 0 saturated heterocycles. The Morgan fingerprint density at radius 3 is 2.69 bits per heavy atom. The Hall–Kier alpha value is -2.14. The van der Waals surface area contributed by atoms with Crippen molar-refractivity contribution in [3.8, 4) is 6.07 Å². The highest BCUT2D eigenvalue weighted by atomic mass is 19.3. The summed E-state index contributed by atoms with van der Waals surface area (Å²) in [5.74, 6) is 0. The standard InChI is InChI=1S/C8H5F2N3O3/c9-8(10)7-4(1-11)6(13(15)16)2-12-5(7)3-14/h2,8,14H,3H2. The number of aliphatic hydroxyl groups is 1. The molecular formula is C8H5F2N3O3. The molecule has 84 valence electrons. The zero-order chi connectivity index (χ0) is 12.3. The van der Waals surface area contributed by atoms with Crippen LogP contribution in [0.3, 0.4) is 0 Å². The Labute approximate surface area is 87.9 Å². The molecule has 1 aromatic heterocycles. The maximum absolute atomic E-state index is 12.6. The molecule has 1 rings (SSSR count). The maximum atomic E-state index is 12.6. The van der Waals surface area contributed by atoms with E-state index in [0.717, 1.165) is 0 Å². The normalized spacial score (nSPS) is 10.2. The van der Waals surface area contributed by atoms with E-state index in [1.807, 2.05) is 0 Å². The van der Waals surface area contributed by atoms with Crippen molar-refractivity contribution in [2.75, 3.05) is 0 Å². The van der Waals surface area contributed by atoms with Crippen LogP contribution in [0.5, 0.6) is 0 Å². The van der Waals surface area contributed by atoms with E-state index in [4.69, 9.17) is 10.4 Å². The number of nitro groups is 1. The van der Waals surface area contributed by atoms with Crippen LogP contribution < -0.4 is 0 Å². The van der Waals surface area contributed by atoms with Gasteiger partial charge in [-0.2, -0.15) is 5.26 Å². The summed E-state index contributed by atoms with van der Waals surface area (Å²) >= 11 is 0. The largest absolute Gasteiger partial charge is 0.390 e. The first-order chi connectivity index (χ1) is 7.52. The summed E-state index contributed by atoms with van der Waals surface area (Å²) in [6, 6.07) is 1.33. The van der Waals surface area contributed by atoms with Crippen LogP contribution in [-0.4, -0.2) is 15.0 Å². The molecule has 0 aliphatic heterocycles. The molecule has 1 aromatic rings. The zero-order valence-corrected chi connectivity index (χ0v) is 7.72. The van der Waals surface area contributed by atoms with Crippen molar-refractivity contribution >= 4 is 5.69 Å². The Morgan fingerprint density at radius 1 is 1.69 bits per heavy atom. The molecule has 0 unspecified atom stereocenters. The molecule has 0 amide bonds. The second-order valence-electron chi connectivity index (χ2n) is 2.71. The summed E-state index contributed by atoms with van der Waals surface area (Å²) in [4.78, 5) is 12.8. The van der Waals surface area contributed by atoms with Crippen molar-refractivity contribution in [3.63, 3.8) is 0 Å². The molecule has 8 heteroatoms. The van der Waals surface area contributed by atoms with Crippen LogP contribution in [0.25, 0.3) is 0 Å². The van der Waals surface area contributed by atoms with Crippen molar-refractivity contribution in [2.45, 2.75) is 13.0 Å². The first kappa shape index (κ1) is 11.9. The Bertz CT molecular complexity index is 470. The summed E-state index contributed by atoms with van der Waals surface area (Å²) < 4.78 is 25.2. The smallest absolute Gasteiger partial charge is 0.305 e. The lowest BCUT2D eigenvalue weighted by molar-refractivity contribution is -0.385. The van der Waals surface area contributed by atoms with E-state index in [-0.39, 0.29) is 0 Å². The highest BCUT2D eigenvalue weighted by Crippen LogP contribution is 2.30. The van der Waals surface area contributed by atoms with Crippen molar-refractivity contribution in [3.05, 3.63) is 33.1 Å². The van der Waals surface area contributed by atoms with E-state index in [1.54, 1.807) is 0 Å². The van der Waals surface area contributed by atoms with Crippen LogP contribution >= 0.6 is 0 Å². The molecule has 0 aliphatic rings. The molecule has 16 heavy (non-hydrogen) atoms. The number of hydrogen-bond donors (Lipinski definition) is 1. The van der Waals surface area contributed by atoms with Crippen LogP contribution in [-0.2, 0) is 6.61 Å². The summed E-state index contributed by atoms with van der Waals surface area (Å²) in [6.07, 6.45) is -2.43. The number of nitriles is 1. The number of pyridine rings is 1. The van der Waals surface area contributed by atoms with Gasteiger partial charge in [0.05, 0.1) is 22.8 Å². The average Bonchev–Trinajstić information content (AvgIpc) is 2.26. The third kappa shape index (κ3) is 1.94. The van der Waals surface area contributed by atoms with Gasteiger partial charge in [0.25, 0.3) is 6.43 Å². The molecule has 0 bridgehead atoms. The van der Waals surface area contributed by atoms with E-state index in [9.17, 15) is 18.9 Å². The first-order valence-corrected chi connectivity index (χ1v) is 3.98. The van der Waals surface area contributed by atoms with Gasteiger partial charge in [0.1, 0.15) is 17.8 Å². The van der Waals surface area contributed by atoms with E-state index in [0.29, 0.717) is 6.20 Å². The predicted molar refractivity (Wildman–Crippen MR) is 46.5 cm³/mol. The number of aliphatic hydroxyl groups excluding tert-OH is 1. The van der Waals surface area contributed by atoms with Gasteiger partial charge in [-0.15, -0.1) is 0 Å². The first-order valence-electron chi connectivity index (χ1n) is 3.98. The molecule has 0 radical (unpaired) electrons. The van der Waals surface area contributed by atoms with E-state index >= 15 is 0 Å². The topological polar surface area (TPSA) is 100 Å². The molecule has 6 nitrogen and oxygen atoms in total. The van der Waals surface area contributed by atoms with Gasteiger partial charge in [-0.05, 0) is 0 Å². The number of halogens is 2. The quantitative estimate of drug-likeness (QED) is 0.621. The third-order valence-corrected chi connectivity index (χ3v) is 1.86. The molecule has 0 aliphatic carbocycles. The molecule has 1 N–H and O–H groups in total. The number of aromatic nitrogens is 1. The minimum absolute atomic E-state index is 0.433. The van der Waals surface area contributed by atoms with E-state index in [1.165, 1.54) is 6.07 Å². The van der Waals surface area contributed by atoms with Crippen molar-refractivity contribution in [2.24, 2.45) is 0 Å². The highest BCUT2D eigenvalue weighted by molar-refractivity contribution is 5.53. The summed E-state index contributed by atoms with van der Waals surface area (Å²) in [7, 11) is 0. The minimum atomic E-state index is -3.11. The fourth-order valence-corrected chi connectivity index (χ4v) is 1.17. The number of hydrogen-bond acceptors (Lipinski definition) is 5. The molecule has 0 spiro atoms. The fraction of sp³-hybridized carbons (Fsp3) is 0.250. The van der Waals surface area contributed by atoms with Gasteiger partial charge in [-0.3, -0.25) is 15.1 Å². The third-order valence-electron chi connectivity index (χ3n) is 1.86. The van der Waals surface area contributed by atoms with E-state index < -0.39 is 40.5 Å². The van der Waals surface area contributed by atoms with Crippen LogP contribution in [0.1, 0.15) is 23.2 Å². The average molecular weight is 229 g/mol. The summed E-state index contributed by atoms with van der Waals surface area (Å²) in [5.41, 5.74) is -2.88. The van der Waals surface area contributed by atoms with Crippen LogP contribution in [0, 0.1) is 21.4 Å². The van der Waals surface area contributed by atoms with Crippen molar-refractivity contribution < 1.29 is 18.8 Å². The lowest BCUT2D eigenvalue weighted by Crippen LogP contribution is -2.05. The lowest BCUT2D eigenvalue weighted by Gasteiger charge is -2.07. The second-order valence-corrected chi connectivity index (χ2v) is 2.71. The fourth-order valence-electron chi connectivity index (χ4n) is 1.17. The molecule has 0 saturated carbocycles. The number of nitrogens with zero attached hydrogens (tertiary/aromatic N) is 3. The van der Waals surface area contributed by atoms with Crippen LogP contribution in [0.2, 0.25) is 0 Å². The molecule has 0 fully saturated rings. The van der Waals surface area contributed by atoms with Gasteiger partial charge in [0.2, 0.25) is 0 Å². The Balaban J connectivity index is 3.58.